The molecule has 0 aromatic carbocycles. The molecule has 0 amide bonds. The summed E-state index contributed by atoms with van der Waals surface area (Å²) in [7, 11) is 0. The van der Waals surface area contributed by atoms with Gasteiger partial charge in [-0.05, 0) is 31.0 Å². The van der Waals surface area contributed by atoms with Gasteiger partial charge in [-0.1, -0.05) is 0 Å². The number of halogens is 6. The van der Waals surface area contributed by atoms with E-state index in [-0.39, 0.29) is 26.9 Å². The minimum atomic E-state index is -5.71. The highest BCUT2D eigenvalue weighted by atomic mass is 19.4. The molecule has 156 valence electrons. The van der Waals surface area contributed by atoms with Gasteiger partial charge in [-0.2, -0.15) is 36.3 Å². The zero-order valence-corrected chi connectivity index (χ0v) is 15.1. The van der Waals surface area contributed by atoms with Crippen molar-refractivity contribution in [2.45, 2.75) is 36.9 Å². The third-order valence-corrected chi connectivity index (χ3v) is 5.19. The van der Waals surface area contributed by atoms with Gasteiger partial charge in [-0.15, -0.1) is 0 Å². The van der Waals surface area contributed by atoms with Crippen LogP contribution in [-0.4, -0.2) is 21.6 Å². The molecule has 0 radical (unpaired) electrons. The van der Waals surface area contributed by atoms with Crippen LogP contribution in [-0.2, 0) is 12.0 Å². The van der Waals surface area contributed by atoms with Crippen LogP contribution < -0.4 is 4.73 Å². The number of pyridine rings is 2. The zero-order chi connectivity index (χ0) is 21.9. The minimum absolute atomic E-state index is 0.0291. The molecule has 0 spiro atoms. The molecule has 3 aromatic heterocycles. The average Bonchev–Trinajstić information content (AvgIpc) is 3.37. The summed E-state index contributed by atoms with van der Waals surface area (Å²) in [4.78, 5) is 3.88. The quantitative estimate of drug-likeness (QED) is 0.356. The van der Waals surface area contributed by atoms with E-state index in [1.807, 2.05) is 0 Å². The van der Waals surface area contributed by atoms with Crippen molar-refractivity contribution in [2.75, 3.05) is 0 Å². The van der Waals surface area contributed by atoms with Crippen LogP contribution in [0, 0.1) is 22.4 Å². The maximum Gasteiger partial charge on any atom is 0.455 e. The van der Waals surface area contributed by atoms with Crippen LogP contribution in [0.2, 0.25) is 0 Å². The summed E-state index contributed by atoms with van der Waals surface area (Å²) in [6, 6.07) is 5.63. The van der Waals surface area contributed by atoms with Crippen molar-refractivity contribution in [2.24, 2.45) is 0 Å². The molecule has 3 heterocycles. The first-order chi connectivity index (χ1) is 14.0. The molecule has 4 rings (SSSR count). The lowest BCUT2D eigenvalue weighted by Gasteiger charge is -2.20. The third-order valence-electron chi connectivity index (χ3n) is 5.19. The predicted octanol–water partition coefficient (Wildman–Crippen LogP) is 4.23. The monoisotopic (exact) mass is 426 g/mol. The fourth-order valence-corrected chi connectivity index (χ4v) is 3.28. The number of aromatic nitrogens is 3. The van der Waals surface area contributed by atoms with Crippen LogP contribution in [0.3, 0.4) is 0 Å². The Bertz CT molecular complexity index is 1170. The first-order valence-corrected chi connectivity index (χ1v) is 8.72. The van der Waals surface area contributed by atoms with Crippen LogP contribution >= 0.6 is 0 Å². The van der Waals surface area contributed by atoms with Crippen molar-refractivity contribution in [1.82, 2.24) is 9.55 Å². The second kappa shape index (κ2) is 6.35. The fourth-order valence-electron chi connectivity index (χ4n) is 3.28. The molecular formula is C19H12F6N4O. The molecule has 3 aromatic rings. The Hall–Kier alpha value is -3.29. The fraction of sp³-hybridized carbons (Fsp3) is 0.316. The lowest BCUT2D eigenvalue weighted by molar-refractivity contribution is -0.595. The summed E-state index contributed by atoms with van der Waals surface area (Å²) in [6.07, 6.45) is -1.55. The maximum absolute atomic E-state index is 14.7. The molecule has 1 aliphatic rings. The molecule has 0 saturated heterocycles. The van der Waals surface area contributed by atoms with Crippen molar-refractivity contribution < 1.29 is 31.1 Å². The smallest absolute Gasteiger partial charge is 0.455 e. The third kappa shape index (κ3) is 3.12. The number of rotatable bonds is 4. The Kier molecular flexibility index (Phi) is 4.24. The molecule has 0 atom stereocenters. The number of nitrogens with zero attached hydrogens (tertiary/aromatic N) is 4. The Morgan fingerprint density at radius 3 is 2.50 bits per heavy atom. The number of alkyl halides is 5. The summed E-state index contributed by atoms with van der Waals surface area (Å²) < 4.78 is 79.7. The molecule has 5 nitrogen and oxygen atoms in total. The Morgan fingerprint density at radius 2 is 1.93 bits per heavy atom. The first-order valence-electron chi connectivity index (χ1n) is 8.72. The van der Waals surface area contributed by atoms with Crippen molar-refractivity contribution in [3.05, 3.63) is 53.4 Å². The van der Waals surface area contributed by atoms with Gasteiger partial charge < -0.3 is 9.77 Å². The highest BCUT2D eigenvalue weighted by Gasteiger charge is 2.57. The van der Waals surface area contributed by atoms with Gasteiger partial charge in [0.1, 0.15) is 5.69 Å². The first kappa shape index (κ1) is 20.0. The van der Waals surface area contributed by atoms with Crippen molar-refractivity contribution in [3.8, 4) is 17.5 Å². The van der Waals surface area contributed by atoms with Crippen LogP contribution in [0.25, 0.3) is 22.3 Å². The van der Waals surface area contributed by atoms with E-state index >= 15 is 0 Å². The van der Waals surface area contributed by atoms with E-state index in [0.717, 1.165) is 24.7 Å². The minimum Gasteiger partial charge on any atom is -0.618 e. The van der Waals surface area contributed by atoms with Gasteiger partial charge in [0.15, 0.2) is 12.0 Å². The molecule has 1 saturated carbocycles. The number of hydrogen-bond donors (Lipinski definition) is 0. The van der Waals surface area contributed by atoms with Gasteiger partial charge in [-0.25, -0.2) is 4.98 Å². The number of hydrogen-bond acceptors (Lipinski definition) is 3. The van der Waals surface area contributed by atoms with Gasteiger partial charge in [0, 0.05) is 17.1 Å². The van der Waals surface area contributed by atoms with Gasteiger partial charge in [0.2, 0.25) is 0 Å². The molecule has 11 heteroatoms. The highest BCUT2D eigenvalue weighted by Crippen LogP contribution is 2.47. The van der Waals surface area contributed by atoms with Crippen LogP contribution in [0.4, 0.5) is 26.3 Å². The molecule has 0 unspecified atom stereocenters. The van der Waals surface area contributed by atoms with Crippen molar-refractivity contribution >= 4 is 10.9 Å². The summed E-state index contributed by atoms with van der Waals surface area (Å²) >= 11 is 0. The largest absolute Gasteiger partial charge is 0.618 e. The second-order valence-corrected chi connectivity index (χ2v) is 7.22. The Balaban J connectivity index is 1.71. The lowest BCUT2D eigenvalue weighted by atomic mass is 9.99. The lowest BCUT2D eigenvalue weighted by Crippen LogP contribution is -2.40. The average molecular weight is 426 g/mol. The van der Waals surface area contributed by atoms with Gasteiger partial charge >= 0.3 is 12.1 Å². The van der Waals surface area contributed by atoms with E-state index in [0.29, 0.717) is 17.4 Å². The topological polar surface area (TPSA) is 68.5 Å². The maximum atomic E-state index is 14.7. The second-order valence-electron chi connectivity index (χ2n) is 7.22. The van der Waals surface area contributed by atoms with Crippen LogP contribution in [0.15, 0.2) is 36.8 Å². The van der Waals surface area contributed by atoms with Gasteiger partial charge in [0.25, 0.3) is 5.69 Å². The molecule has 1 fully saturated rings. The zero-order valence-electron chi connectivity index (χ0n) is 15.1. The van der Waals surface area contributed by atoms with E-state index < -0.39 is 35.6 Å². The summed E-state index contributed by atoms with van der Waals surface area (Å²) in [6.45, 7) is -1.64. The molecule has 0 bridgehead atoms. The Morgan fingerprint density at radius 1 is 1.23 bits per heavy atom. The predicted molar refractivity (Wildman–Crippen MR) is 91.6 cm³/mol. The summed E-state index contributed by atoms with van der Waals surface area (Å²) in [5.41, 5.74) is -1.21. The van der Waals surface area contributed by atoms with Gasteiger partial charge in [0.05, 0.1) is 29.7 Å². The Labute approximate surface area is 165 Å². The molecule has 30 heavy (non-hydrogen) atoms. The standard InChI is InChI=1S/C19H12F6N4O/c20-13-6-12(17(9-26)2-3-17)8-29(30)16(13)14-5-11-1-4-28(15(11)7-27-14)10-18(21,22)19(23,24)25/h1,4-8H,2-3,10H2. The van der Waals surface area contributed by atoms with Gasteiger partial charge in [-0.3, -0.25) is 0 Å². The van der Waals surface area contributed by atoms with Crippen molar-refractivity contribution in [3.63, 3.8) is 0 Å². The molecular weight excluding hydrogens is 414 g/mol. The van der Waals surface area contributed by atoms with Crippen molar-refractivity contribution in [1.29, 1.82) is 5.26 Å². The number of fused-ring (bicyclic) bond motifs is 1. The molecule has 0 N–H and O–H groups in total. The van der Waals surface area contributed by atoms with E-state index in [2.05, 4.69) is 11.1 Å². The highest BCUT2D eigenvalue weighted by molar-refractivity contribution is 5.82. The van der Waals surface area contributed by atoms with Crippen LogP contribution in [0.5, 0.6) is 0 Å². The van der Waals surface area contributed by atoms with E-state index in [1.54, 1.807) is 0 Å². The molecule has 0 aliphatic heterocycles. The summed E-state index contributed by atoms with van der Waals surface area (Å²) in [5, 5.41) is 21.8. The van der Waals surface area contributed by atoms with Crippen LogP contribution in [0.1, 0.15) is 18.4 Å². The normalized spacial score (nSPS) is 15.9. The van der Waals surface area contributed by atoms with E-state index in [9.17, 15) is 36.8 Å². The number of nitriles is 1. The van der Waals surface area contributed by atoms with E-state index in [4.69, 9.17) is 0 Å². The summed E-state index contributed by atoms with van der Waals surface area (Å²) in [5.74, 6) is -5.86. The molecule has 1 aliphatic carbocycles. The SMILES string of the molecule is N#CC1(c2cc(F)c(-c3cc4ccn(CC(F)(F)C(F)(F)F)c4cn3)[n+]([O-])c2)CC1. The van der Waals surface area contributed by atoms with E-state index in [1.165, 1.54) is 12.1 Å².